The van der Waals surface area contributed by atoms with E-state index in [-0.39, 0.29) is 0 Å². The molecule has 72 valence electrons. The van der Waals surface area contributed by atoms with E-state index >= 15 is 0 Å². The van der Waals surface area contributed by atoms with Gasteiger partial charge >= 0.3 is 0 Å². The Morgan fingerprint density at radius 1 is 1.25 bits per heavy atom. The topological polar surface area (TPSA) is 60.2 Å². The van der Waals surface area contributed by atoms with Crippen LogP contribution in [0, 0.1) is 0 Å². The van der Waals surface area contributed by atoms with Crippen LogP contribution < -0.4 is 5.14 Å². The van der Waals surface area contributed by atoms with Gasteiger partial charge < -0.3 is 0 Å². The Bertz CT molecular complexity index is 244. The molecule has 0 saturated heterocycles. The summed E-state index contributed by atoms with van der Waals surface area (Å²) in [6, 6.07) is 0. The van der Waals surface area contributed by atoms with E-state index < -0.39 is 21.4 Å². The highest BCUT2D eigenvalue weighted by molar-refractivity contribution is 7.89. The van der Waals surface area contributed by atoms with Crippen molar-refractivity contribution in [2.45, 2.75) is 37.8 Å². The van der Waals surface area contributed by atoms with Crippen molar-refractivity contribution in [3.8, 4) is 0 Å². The summed E-state index contributed by atoms with van der Waals surface area (Å²) in [4.78, 5) is 0. The maximum atomic E-state index is 13.6. The van der Waals surface area contributed by atoms with Crippen molar-refractivity contribution in [1.29, 1.82) is 0 Å². The molecule has 1 fully saturated rings. The molecule has 0 spiro atoms. The Morgan fingerprint density at radius 3 is 2.17 bits per heavy atom. The molecule has 0 bridgehead atoms. The fourth-order valence-corrected chi connectivity index (χ4v) is 2.70. The molecule has 12 heavy (non-hydrogen) atoms. The summed E-state index contributed by atoms with van der Waals surface area (Å²) in [5.74, 6) is -0.514. The number of sulfonamides is 1. The van der Waals surface area contributed by atoms with Crippen LogP contribution in [-0.4, -0.2) is 19.8 Å². The highest BCUT2D eigenvalue weighted by Crippen LogP contribution is 2.32. The zero-order chi connectivity index (χ0) is 9.24. The van der Waals surface area contributed by atoms with Crippen molar-refractivity contribution in [2.24, 2.45) is 5.14 Å². The number of primary sulfonamides is 1. The van der Waals surface area contributed by atoms with Crippen LogP contribution in [0.4, 0.5) is 4.39 Å². The van der Waals surface area contributed by atoms with E-state index in [9.17, 15) is 12.8 Å². The molecule has 5 heteroatoms. The van der Waals surface area contributed by atoms with Gasteiger partial charge in [-0.15, -0.1) is 0 Å². The Hall–Kier alpha value is -0.160. The first-order valence-electron chi connectivity index (χ1n) is 4.11. The van der Waals surface area contributed by atoms with Crippen LogP contribution in [0.1, 0.15) is 32.1 Å². The average Bonchev–Trinajstić information content (AvgIpc) is 1.83. The highest BCUT2D eigenvalue weighted by Gasteiger charge is 2.35. The first kappa shape index (κ1) is 9.92. The molecular formula is C7H14FNO2S. The monoisotopic (exact) mass is 195 g/mol. The summed E-state index contributed by atoms with van der Waals surface area (Å²) in [7, 11) is -3.66. The van der Waals surface area contributed by atoms with E-state index in [1.807, 2.05) is 0 Å². The van der Waals surface area contributed by atoms with Gasteiger partial charge in [0.1, 0.15) is 5.67 Å². The minimum absolute atomic E-state index is 0.337. The van der Waals surface area contributed by atoms with Gasteiger partial charge in [-0.05, 0) is 12.8 Å². The maximum absolute atomic E-state index is 13.6. The molecule has 2 N–H and O–H groups in total. The van der Waals surface area contributed by atoms with Gasteiger partial charge in [-0.1, -0.05) is 19.3 Å². The summed E-state index contributed by atoms with van der Waals surface area (Å²) < 4.78 is 34.9. The van der Waals surface area contributed by atoms with Crippen LogP contribution in [0.15, 0.2) is 0 Å². The van der Waals surface area contributed by atoms with E-state index in [1.165, 1.54) is 0 Å². The third kappa shape index (κ3) is 3.06. The molecule has 0 aliphatic heterocycles. The van der Waals surface area contributed by atoms with Crippen LogP contribution in [0.2, 0.25) is 0 Å². The number of alkyl halides is 1. The molecule has 3 nitrogen and oxygen atoms in total. The molecule has 0 aromatic carbocycles. The van der Waals surface area contributed by atoms with Gasteiger partial charge in [-0.25, -0.2) is 17.9 Å². The molecule has 1 saturated carbocycles. The molecule has 0 radical (unpaired) electrons. The molecule has 0 amide bonds. The number of nitrogens with two attached hydrogens (primary N) is 1. The van der Waals surface area contributed by atoms with E-state index in [2.05, 4.69) is 0 Å². The summed E-state index contributed by atoms with van der Waals surface area (Å²) >= 11 is 0. The Morgan fingerprint density at radius 2 is 1.75 bits per heavy atom. The van der Waals surface area contributed by atoms with Gasteiger partial charge in [0.05, 0.1) is 5.75 Å². The molecule has 1 aliphatic carbocycles. The van der Waals surface area contributed by atoms with E-state index in [4.69, 9.17) is 5.14 Å². The third-order valence-electron chi connectivity index (χ3n) is 2.21. The fraction of sp³-hybridized carbons (Fsp3) is 1.00. The standard InChI is InChI=1S/C7H14FNO2S/c8-7(6-12(9,10)11)4-2-1-3-5-7/h1-6H2,(H2,9,10,11). The zero-order valence-corrected chi connectivity index (χ0v) is 7.74. The minimum atomic E-state index is -3.66. The Kier molecular flexibility index (Phi) is 2.73. The Labute approximate surface area is 72.2 Å². The second-order valence-corrected chi connectivity index (χ2v) is 5.13. The third-order valence-corrected chi connectivity index (χ3v) is 3.13. The van der Waals surface area contributed by atoms with Gasteiger partial charge in [0.2, 0.25) is 10.0 Å². The van der Waals surface area contributed by atoms with Gasteiger partial charge in [-0.3, -0.25) is 0 Å². The number of hydrogen-bond donors (Lipinski definition) is 1. The van der Waals surface area contributed by atoms with Gasteiger partial charge in [0.25, 0.3) is 0 Å². The normalized spacial score (nSPS) is 23.8. The van der Waals surface area contributed by atoms with Crippen LogP contribution in [0.3, 0.4) is 0 Å². The number of halogens is 1. The van der Waals surface area contributed by atoms with Crippen molar-refractivity contribution >= 4 is 10.0 Å². The first-order chi connectivity index (χ1) is 5.41. The molecular weight excluding hydrogens is 181 g/mol. The molecule has 0 atom stereocenters. The Balaban J connectivity index is 2.59. The van der Waals surface area contributed by atoms with Crippen molar-refractivity contribution in [3.63, 3.8) is 0 Å². The predicted octanol–water partition coefficient (Wildman–Crippen LogP) is 0.947. The lowest BCUT2D eigenvalue weighted by molar-refractivity contribution is 0.133. The number of rotatable bonds is 2. The molecule has 0 unspecified atom stereocenters. The van der Waals surface area contributed by atoms with Crippen LogP contribution in [0.5, 0.6) is 0 Å². The van der Waals surface area contributed by atoms with Gasteiger partial charge in [-0.2, -0.15) is 0 Å². The summed E-state index contributed by atoms with van der Waals surface area (Å²) in [5.41, 5.74) is -1.55. The van der Waals surface area contributed by atoms with Crippen molar-refractivity contribution in [3.05, 3.63) is 0 Å². The van der Waals surface area contributed by atoms with Crippen molar-refractivity contribution < 1.29 is 12.8 Å². The largest absolute Gasteiger partial charge is 0.243 e. The SMILES string of the molecule is NS(=O)(=O)CC1(F)CCCCC1. The lowest BCUT2D eigenvalue weighted by Crippen LogP contribution is -2.37. The van der Waals surface area contributed by atoms with Crippen LogP contribution in [0.25, 0.3) is 0 Å². The molecule has 1 aliphatic rings. The molecule has 1 rings (SSSR count). The summed E-state index contributed by atoms with van der Waals surface area (Å²) in [5, 5.41) is 4.78. The lowest BCUT2D eigenvalue weighted by atomic mass is 9.88. The predicted molar refractivity (Wildman–Crippen MR) is 44.9 cm³/mol. The van der Waals surface area contributed by atoms with E-state index in [0.717, 1.165) is 19.3 Å². The molecule has 0 heterocycles. The van der Waals surface area contributed by atoms with Crippen LogP contribution in [-0.2, 0) is 10.0 Å². The van der Waals surface area contributed by atoms with Crippen LogP contribution >= 0.6 is 0 Å². The summed E-state index contributed by atoms with van der Waals surface area (Å²) in [6.07, 6.45) is 3.21. The summed E-state index contributed by atoms with van der Waals surface area (Å²) in [6.45, 7) is 0. The lowest BCUT2D eigenvalue weighted by Gasteiger charge is -2.28. The van der Waals surface area contributed by atoms with Gasteiger partial charge in [0.15, 0.2) is 0 Å². The second kappa shape index (κ2) is 3.30. The quantitative estimate of drug-likeness (QED) is 0.713. The minimum Gasteiger partial charge on any atom is -0.243 e. The highest BCUT2D eigenvalue weighted by atomic mass is 32.2. The zero-order valence-electron chi connectivity index (χ0n) is 6.92. The first-order valence-corrected chi connectivity index (χ1v) is 5.82. The van der Waals surface area contributed by atoms with Crippen molar-refractivity contribution in [2.75, 3.05) is 5.75 Å². The second-order valence-electron chi connectivity index (χ2n) is 3.52. The smallest absolute Gasteiger partial charge is 0.212 e. The fourth-order valence-electron chi connectivity index (χ4n) is 1.69. The molecule has 0 aromatic heterocycles. The van der Waals surface area contributed by atoms with E-state index in [1.54, 1.807) is 0 Å². The average molecular weight is 195 g/mol. The van der Waals surface area contributed by atoms with E-state index in [0.29, 0.717) is 12.8 Å². The van der Waals surface area contributed by atoms with Crippen molar-refractivity contribution in [1.82, 2.24) is 0 Å². The van der Waals surface area contributed by atoms with Gasteiger partial charge in [0, 0.05) is 0 Å². The molecule has 0 aromatic rings. The number of hydrogen-bond acceptors (Lipinski definition) is 2. The maximum Gasteiger partial charge on any atom is 0.212 e.